The molecule has 0 fully saturated rings. The number of hydrogen-bond acceptors (Lipinski definition) is 6. The molecular formula is C23H18N6O. The number of aryl methyl sites for hydroxylation is 1. The third kappa shape index (κ3) is 2.45. The molecule has 0 bridgehead atoms. The molecule has 0 radical (unpaired) electrons. The minimum atomic E-state index is -0.286. The van der Waals surface area contributed by atoms with E-state index in [2.05, 4.69) is 57.0 Å². The molecule has 0 saturated carbocycles. The molecule has 0 amide bonds. The van der Waals surface area contributed by atoms with Crippen LogP contribution in [0.25, 0.3) is 5.70 Å². The van der Waals surface area contributed by atoms with E-state index < -0.39 is 0 Å². The van der Waals surface area contributed by atoms with E-state index in [1.807, 2.05) is 42.6 Å². The Balaban J connectivity index is 1.66. The molecule has 0 unspecified atom stereocenters. The minimum Gasteiger partial charge on any atom is -0.480 e. The summed E-state index contributed by atoms with van der Waals surface area (Å²) in [4.78, 5) is 4.35. The molecule has 7 nitrogen and oxygen atoms in total. The molecule has 4 heterocycles. The normalized spacial score (nSPS) is 19.2. The van der Waals surface area contributed by atoms with Gasteiger partial charge in [-0.3, -0.25) is 4.98 Å². The van der Waals surface area contributed by atoms with Gasteiger partial charge in [-0.15, -0.1) is 0 Å². The minimum absolute atomic E-state index is 0.238. The van der Waals surface area contributed by atoms with Crippen LogP contribution in [0, 0.1) is 6.92 Å². The lowest BCUT2D eigenvalue weighted by Gasteiger charge is -2.38. The number of fused-ring (bicyclic) bond motifs is 3. The Hall–Kier alpha value is -4.00. The number of rotatable bonds is 2. The van der Waals surface area contributed by atoms with Crippen LogP contribution >= 0.6 is 0 Å². The van der Waals surface area contributed by atoms with Crippen molar-refractivity contribution in [2.75, 3.05) is 5.32 Å². The van der Waals surface area contributed by atoms with E-state index in [1.54, 1.807) is 10.9 Å². The van der Waals surface area contributed by atoms with Gasteiger partial charge in [0.05, 0.1) is 5.70 Å². The smallest absolute Gasteiger partial charge is 0.248 e. The van der Waals surface area contributed by atoms with Gasteiger partial charge in [-0.2, -0.15) is 4.68 Å². The Labute approximate surface area is 173 Å². The van der Waals surface area contributed by atoms with Crippen LogP contribution in [0.4, 0.5) is 5.95 Å². The van der Waals surface area contributed by atoms with Gasteiger partial charge in [-0.1, -0.05) is 47.6 Å². The molecule has 2 aliphatic rings. The first kappa shape index (κ1) is 16.9. The highest BCUT2D eigenvalue weighted by Gasteiger charge is 2.41. The zero-order valence-corrected chi connectivity index (χ0v) is 16.2. The topological polar surface area (TPSA) is 77.8 Å². The van der Waals surface area contributed by atoms with Crippen molar-refractivity contribution in [3.05, 3.63) is 101 Å². The number of aromatic nitrogens is 5. The molecule has 1 N–H and O–H groups in total. The van der Waals surface area contributed by atoms with Crippen LogP contribution in [0.3, 0.4) is 0 Å². The summed E-state index contributed by atoms with van der Waals surface area (Å²) < 4.78 is 8.42. The number of tetrazole rings is 1. The summed E-state index contributed by atoms with van der Waals surface area (Å²) >= 11 is 0. The Bertz CT molecular complexity index is 1280. The van der Waals surface area contributed by atoms with Crippen LogP contribution in [-0.4, -0.2) is 25.2 Å². The molecule has 2 aromatic carbocycles. The van der Waals surface area contributed by atoms with Crippen LogP contribution in [0.1, 0.15) is 34.4 Å². The van der Waals surface area contributed by atoms with Crippen LogP contribution in [0.15, 0.2) is 78.6 Å². The van der Waals surface area contributed by atoms with E-state index in [-0.39, 0.29) is 12.1 Å². The van der Waals surface area contributed by atoms with E-state index in [1.165, 1.54) is 5.56 Å². The van der Waals surface area contributed by atoms with Crippen molar-refractivity contribution >= 4 is 11.6 Å². The number of nitrogens with zero attached hydrogens (tertiary/aromatic N) is 5. The average Bonchev–Trinajstić information content (AvgIpc) is 3.26. The lowest BCUT2D eigenvalue weighted by molar-refractivity contribution is 0.222. The van der Waals surface area contributed by atoms with Crippen molar-refractivity contribution in [1.29, 1.82) is 0 Å². The molecule has 2 aromatic heterocycles. The largest absolute Gasteiger partial charge is 0.480 e. The molecule has 0 saturated heterocycles. The zero-order valence-electron chi connectivity index (χ0n) is 16.2. The van der Waals surface area contributed by atoms with Crippen LogP contribution in [0.2, 0.25) is 0 Å². The van der Waals surface area contributed by atoms with Crippen LogP contribution in [-0.2, 0) is 0 Å². The maximum absolute atomic E-state index is 6.61. The first-order chi connectivity index (χ1) is 14.8. The highest BCUT2D eigenvalue weighted by Crippen LogP contribution is 2.50. The summed E-state index contributed by atoms with van der Waals surface area (Å²) in [5, 5.41) is 15.9. The third-order valence-electron chi connectivity index (χ3n) is 5.71. The van der Waals surface area contributed by atoms with Gasteiger partial charge in [0.15, 0.2) is 0 Å². The molecule has 30 heavy (non-hydrogen) atoms. The maximum atomic E-state index is 6.61. The van der Waals surface area contributed by atoms with E-state index in [0.717, 1.165) is 33.7 Å². The van der Waals surface area contributed by atoms with E-state index in [9.17, 15) is 0 Å². The Kier molecular flexibility index (Phi) is 3.67. The van der Waals surface area contributed by atoms with Crippen LogP contribution in [0.5, 0.6) is 5.75 Å². The fourth-order valence-electron chi connectivity index (χ4n) is 4.34. The second-order valence-electron chi connectivity index (χ2n) is 7.44. The molecule has 2 aliphatic heterocycles. The summed E-state index contributed by atoms with van der Waals surface area (Å²) in [5.41, 5.74) is 6.34. The Morgan fingerprint density at radius 3 is 2.73 bits per heavy atom. The number of hydrogen-bond donors (Lipinski definition) is 1. The van der Waals surface area contributed by atoms with Gasteiger partial charge in [-0.05, 0) is 52.2 Å². The number of anilines is 1. The van der Waals surface area contributed by atoms with Crippen molar-refractivity contribution in [2.24, 2.45) is 0 Å². The van der Waals surface area contributed by atoms with Crippen LogP contribution < -0.4 is 10.1 Å². The Morgan fingerprint density at radius 1 is 1.00 bits per heavy atom. The number of ether oxygens (including phenoxy) is 1. The number of nitrogens with one attached hydrogen (secondary N) is 1. The molecule has 4 aromatic rings. The number of benzene rings is 2. The maximum Gasteiger partial charge on any atom is 0.248 e. The second kappa shape index (κ2) is 6.52. The average molecular weight is 394 g/mol. The van der Waals surface area contributed by atoms with Crippen molar-refractivity contribution in [3.8, 4) is 5.75 Å². The fraction of sp³-hybridized carbons (Fsp3) is 0.130. The predicted octanol–water partition coefficient (Wildman–Crippen LogP) is 3.94. The first-order valence-electron chi connectivity index (χ1n) is 9.82. The molecule has 146 valence electrons. The Morgan fingerprint density at radius 2 is 1.87 bits per heavy atom. The number of para-hydroxylation sites is 1. The fourth-order valence-corrected chi connectivity index (χ4v) is 4.34. The van der Waals surface area contributed by atoms with E-state index in [0.29, 0.717) is 5.95 Å². The van der Waals surface area contributed by atoms with Crippen molar-refractivity contribution in [1.82, 2.24) is 25.2 Å². The van der Waals surface area contributed by atoms with Gasteiger partial charge >= 0.3 is 0 Å². The summed E-state index contributed by atoms with van der Waals surface area (Å²) in [6.07, 6.45) is 3.35. The standard InChI is InChI=1S/C23H18N6O/c1-14-7-2-3-9-16(14)22-19-20(17-10-4-5-11-18(17)30-22)25-23-26-27-28-29(23)21(19)15-8-6-12-24-13-15/h2-13,21-22H,1H3,(H,25,26,28)/t21-,22+/m0/s1. The lowest BCUT2D eigenvalue weighted by atomic mass is 9.84. The van der Waals surface area contributed by atoms with Crippen molar-refractivity contribution < 1.29 is 4.74 Å². The summed E-state index contributed by atoms with van der Waals surface area (Å²) in [6, 6.07) is 20.1. The zero-order chi connectivity index (χ0) is 20.1. The summed E-state index contributed by atoms with van der Waals surface area (Å²) in [6.45, 7) is 2.11. The molecule has 7 heteroatoms. The molecule has 0 spiro atoms. The lowest BCUT2D eigenvalue weighted by Crippen LogP contribution is -2.32. The van der Waals surface area contributed by atoms with Gasteiger partial charge in [0.2, 0.25) is 5.95 Å². The highest BCUT2D eigenvalue weighted by molar-refractivity contribution is 5.85. The van der Waals surface area contributed by atoms with Gasteiger partial charge in [-0.25, -0.2) is 0 Å². The van der Waals surface area contributed by atoms with E-state index in [4.69, 9.17) is 4.74 Å². The second-order valence-corrected chi connectivity index (χ2v) is 7.44. The van der Waals surface area contributed by atoms with Gasteiger partial charge in [0, 0.05) is 23.5 Å². The predicted molar refractivity (Wildman–Crippen MR) is 112 cm³/mol. The van der Waals surface area contributed by atoms with Crippen molar-refractivity contribution in [2.45, 2.75) is 19.1 Å². The molecule has 6 rings (SSSR count). The van der Waals surface area contributed by atoms with Crippen molar-refractivity contribution in [3.63, 3.8) is 0 Å². The quantitative estimate of drug-likeness (QED) is 0.555. The number of pyridine rings is 1. The SMILES string of the molecule is Cc1ccccc1[C@H]1Oc2ccccc2C2=C1[C@H](c1cccnc1)n1nnnc1N2. The summed E-state index contributed by atoms with van der Waals surface area (Å²) in [5.74, 6) is 1.44. The van der Waals surface area contributed by atoms with Gasteiger partial charge in [0.25, 0.3) is 0 Å². The monoisotopic (exact) mass is 394 g/mol. The molecular weight excluding hydrogens is 376 g/mol. The highest BCUT2D eigenvalue weighted by atomic mass is 16.5. The summed E-state index contributed by atoms with van der Waals surface area (Å²) in [7, 11) is 0. The van der Waals surface area contributed by atoms with Gasteiger partial charge < -0.3 is 10.1 Å². The molecule has 2 atom stereocenters. The van der Waals surface area contributed by atoms with Gasteiger partial charge in [0.1, 0.15) is 17.9 Å². The third-order valence-corrected chi connectivity index (χ3v) is 5.71. The van der Waals surface area contributed by atoms with E-state index >= 15 is 0 Å². The molecule has 0 aliphatic carbocycles. The first-order valence-corrected chi connectivity index (χ1v) is 9.82.